The van der Waals surface area contributed by atoms with Gasteiger partial charge in [-0.15, -0.1) is 0 Å². The summed E-state index contributed by atoms with van der Waals surface area (Å²) in [4.78, 5) is 11.6. The quantitative estimate of drug-likeness (QED) is 0.626. The highest BCUT2D eigenvalue weighted by Gasteiger charge is 2.18. The SMILES string of the molecule is CC(C)CNC(=O)CCNS(=O)(=O)c1cc(N)ccc1Br. The number of carbonyl (C=O) groups excluding carboxylic acids is 1. The van der Waals surface area contributed by atoms with E-state index in [1.165, 1.54) is 6.07 Å². The summed E-state index contributed by atoms with van der Waals surface area (Å²) in [5.41, 5.74) is 5.95. The van der Waals surface area contributed by atoms with Gasteiger partial charge in [0.15, 0.2) is 0 Å². The number of benzene rings is 1. The average molecular weight is 378 g/mol. The van der Waals surface area contributed by atoms with Gasteiger partial charge in [0, 0.05) is 29.7 Å². The highest BCUT2D eigenvalue weighted by molar-refractivity contribution is 9.10. The van der Waals surface area contributed by atoms with Crippen molar-refractivity contribution < 1.29 is 13.2 Å². The number of hydrogen-bond acceptors (Lipinski definition) is 4. The molecule has 0 saturated carbocycles. The van der Waals surface area contributed by atoms with Gasteiger partial charge in [-0.05, 0) is 40.0 Å². The zero-order valence-electron chi connectivity index (χ0n) is 12.0. The molecule has 118 valence electrons. The second kappa shape index (κ2) is 7.77. The maximum Gasteiger partial charge on any atom is 0.241 e. The van der Waals surface area contributed by atoms with Crippen LogP contribution in [0.2, 0.25) is 0 Å². The zero-order valence-corrected chi connectivity index (χ0v) is 14.4. The molecule has 0 saturated heterocycles. The maximum atomic E-state index is 12.1. The normalized spacial score (nSPS) is 11.6. The van der Waals surface area contributed by atoms with Crippen LogP contribution in [-0.2, 0) is 14.8 Å². The Kier molecular flexibility index (Phi) is 6.63. The van der Waals surface area contributed by atoms with Crippen molar-refractivity contribution in [3.8, 4) is 0 Å². The lowest BCUT2D eigenvalue weighted by Gasteiger charge is -2.10. The van der Waals surface area contributed by atoms with Gasteiger partial charge in [0.1, 0.15) is 0 Å². The lowest BCUT2D eigenvalue weighted by atomic mass is 10.2. The fraction of sp³-hybridized carbons (Fsp3) is 0.462. The summed E-state index contributed by atoms with van der Waals surface area (Å²) in [5.74, 6) is 0.173. The summed E-state index contributed by atoms with van der Waals surface area (Å²) in [7, 11) is -3.70. The third-order valence-electron chi connectivity index (χ3n) is 2.60. The first-order valence-corrected chi connectivity index (χ1v) is 8.81. The molecule has 0 aromatic heterocycles. The number of nitrogen functional groups attached to an aromatic ring is 1. The standard InChI is InChI=1S/C13H20BrN3O3S/c1-9(2)8-16-13(18)5-6-17-21(19,20)12-7-10(15)3-4-11(12)14/h3-4,7,9,17H,5-6,8,15H2,1-2H3,(H,16,18). The van der Waals surface area contributed by atoms with Crippen LogP contribution in [0.4, 0.5) is 5.69 Å². The number of amides is 1. The maximum absolute atomic E-state index is 12.1. The number of halogens is 1. The van der Waals surface area contributed by atoms with Crippen LogP contribution in [0.1, 0.15) is 20.3 Å². The van der Waals surface area contributed by atoms with E-state index in [0.717, 1.165) is 0 Å². The molecule has 8 heteroatoms. The van der Waals surface area contributed by atoms with Crippen LogP contribution in [0, 0.1) is 5.92 Å². The Balaban J connectivity index is 2.58. The first-order chi connectivity index (χ1) is 9.72. The Morgan fingerprint density at radius 3 is 2.67 bits per heavy atom. The lowest BCUT2D eigenvalue weighted by Crippen LogP contribution is -2.32. The second-order valence-corrected chi connectivity index (χ2v) is 7.63. The van der Waals surface area contributed by atoms with Crippen LogP contribution in [0.5, 0.6) is 0 Å². The third kappa shape index (κ3) is 6.03. The van der Waals surface area contributed by atoms with Gasteiger partial charge in [0.05, 0.1) is 4.90 Å². The minimum Gasteiger partial charge on any atom is -0.399 e. The topological polar surface area (TPSA) is 101 Å². The zero-order chi connectivity index (χ0) is 16.0. The highest BCUT2D eigenvalue weighted by Crippen LogP contribution is 2.23. The fourth-order valence-electron chi connectivity index (χ4n) is 1.51. The molecule has 0 fully saturated rings. The number of carbonyl (C=O) groups is 1. The van der Waals surface area contributed by atoms with Gasteiger partial charge in [0.25, 0.3) is 0 Å². The Morgan fingerprint density at radius 1 is 1.38 bits per heavy atom. The number of rotatable bonds is 7. The Hall–Kier alpha value is -1.12. The summed E-state index contributed by atoms with van der Waals surface area (Å²) in [6, 6.07) is 4.53. The molecular weight excluding hydrogens is 358 g/mol. The molecular formula is C13H20BrN3O3S. The van der Waals surface area contributed by atoms with E-state index in [1.54, 1.807) is 12.1 Å². The van der Waals surface area contributed by atoms with Crippen molar-refractivity contribution in [3.05, 3.63) is 22.7 Å². The van der Waals surface area contributed by atoms with Crippen molar-refractivity contribution in [1.29, 1.82) is 0 Å². The molecule has 6 nitrogen and oxygen atoms in total. The van der Waals surface area contributed by atoms with Crippen LogP contribution in [0.15, 0.2) is 27.6 Å². The van der Waals surface area contributed by atoms with Crippen LogP contribution in [0.3, 0.4) is 0 Å². The van der Waals surface area contributed by atoms with Crippen LogP contribution < -0.4 is 15.8 Å². The molecule has 21 heavy (non-hydrogen) atoms. The van der Waals surface area contributed by atoms with Crippen LogP contribution in [-0.4, -0.2) is 27.4 Å². The van der Waals surface area contributed by atoms with E-state index in [1.807, 2.05) is 13.8 Å². The number of anilines is 1. The predicted molar refractivity (Wildman–Crippen MR) is 86.2 cm³/mol. The van der Waals surface area contributed by atoms with E-state index < -0.39 is 10.0 Å². The van der Waals surface area contributed by atoms with Gasteiger partial charge in [-0.1, -0.05) is 13.8 Å². The summed E-state index contributed by atoms with van der Waals surface area (Å²) in [6.45, 7) is 4.58. The van der Waals surface area contributed by atoms with Gasteiger partial charge in [0.2, 0.25) is 15.9 Å². The molecule has 0 aliphatic carbocycles. The van der Waals surface area contributed by atoms with Crippen molar-refractivity contribution in [2.45, 2.75) is 25.2 Å². The summed E-state index contributed by atoms with van der Waals surface area (Å²) in [6.07, 6.45) is 0.0892. The molecule has 0 aliphatic heterocycles. The molecule has 4 N–H and O–H groups in total. The predicted octanol–water partition coefficient (Wildman–Crippen LogP) is 1.47. The van der Waals surface area contributed by atoms with Crippen LogP contribution >= 0.6 is 15.9 Å². The van der Waals surface area contributed by atoms with Crippen molar-refractivity contribution in [3.63, 3.8) is 0 Å². The van der Waals surface area contributed by atoms with E-state index in [0.29, 0.717) is 22.6 Å². The number of nitrogens with one attached hydrogen (secondary N) is 2. The molecule has 0 spiro atoms. The minimum absolute atomic E-state index is 0.0352. The Morgan fingerprint density at radius 2 is 2.05 bits per heavy atom. The summed E-state index contributed by atoms with van der Waals surface area (Å²) >= 11 is 3.17. The van der Waals surface area contributed by atoms with Gasteiger partial charge in [-0.2, -0.15) is 0 Å². The number of nitrogens with two attached hydrogens (primary N) is 1. The largest absolute Gasteiger partial charge is 0.399 e. The van der Waals surface area contributed by atoms with Crippen LogP contribution in [0.25, 0.3) is 0 Å². The molecule has 1 amide bonds. The van der Waals surface area contributed by atoms with Crippen molar-refractivity contribution in [2.24, 2.45) is 5.92 Å². The molecule has 0 bridgehead atoms. The Labute approximate surface area is 133 Å². The highest BCUT2D eigenvalue weighted by atomic mass is 79.9. The van der Waals surface area contributed by atoms with Gasteiger partial charge >= 0.3 is 0 Å². The molecule has 0 aliphatic rings. The van der Waals surface area contributed by atoms with Crippen molar-refractivity contribution in [2.75, 3.05) is 18.8 Å². The monoisotopic (exact) mass is 377 g/mol. The number of hydrogen-bond donors (Lipinski definition) is 3. The van der Waals surface area contributed by atoms with Gasteiger partial charge in [-0.25, -0.2) is 13.1 Å². The second-order valence-electron chi connectivity index (χ2n) is 5.04. The van der Waals surface area contributed by atoms with Gasteiger partial charge < -0.3 is 11.1 Å². The molecule has 1 rings (SSSR count). The number of sulfonamides is 1. The molecule has 0 radical (unpaired) electrons. The summed E-state index contributed by atoms with van der Waals surface area (Å²) in [5, 5.41) is 2.73. The first-order valence-electron chi connectivity index (χ1n) is 6.54. The molecule has 1 aromatic carbocycles. The first kappa shape index (κ1) is 17.9. The summed E-state index contributed by atoms with van der Waals surface area (Å²) < 4.78 is 27.1. The Bertz CT molecular complexity index is 603. The van der Waals surface area contributed by atoms with E-state index in [-0.39, 0.29) is 23.8 Å². The molecule has 0 unspecified atom stereocenters. The van der Waals surface area contributed by atoms with Crippen molar-refractivity contribution in [1.82, 2.24) is 10.0 Å². The van der Waals surface area contributed by atoms with E-state index >= 15 is 0 Å². The molecule has 0 atom stereocenters. The lowest BCUT2D eigenvalue weighted by molar-refractivity contribution is -0.121. The molecule has 0 heterocycles. The van der Waals surface area contributed by atoms with Crippen molar-refractivity contribution >= 4 is 37.5 Å². The smallest absolute Gasteiger partial charge is 0.241 e. The van der Waals surface area contributed by atoms with Gasteiger partial charge in [-0.3, -0.25) is 4.79 Å². The minimum atomic E-state index is -3.70. The van der Waals surface area contributed by atoms with E-state index in [4.69, 9.17) is 5.73 Å². The van der Waals surface area contributed by atoms with E-state index in [9.17, 15) is 13.2 Å². The average Bonchev–Trinajstić information content (AvgIpc) is 2.39. The third-order valence-corrected chi connectivity index (χ3v) is 5.05. The molecule has 1 aromatic rings. The van der Waals surface area contributed by atoms with E-state index in [2.05, 4.69) is 26.0 Å². The fourth-order valence-corrected chi connectivity index (χ4v) is 3.54.